The van der Waals surface area contributed by atoms with Gasteiger partial charge in [-0.05, 0) is 35.9 Å². The van der Waals surface area contributed by atoms with Crippen molar-refractivity contribution in [3.05, 3.63) is 3.92 Å². The molecule has 1 atom stereocenters. The van der Waals surface area contributed by atoms with Crippen LogP contribution >= 0.6 is 27.3 Å². The Hall–Kier alpha value is -0.200. The summed E-state index contributed by atoms with van der Waals surface area (Å²) in [4.78, 5) is 2.38. The molecule has 1 aromatic rings. The lowest BCUT2D eigenvalue weighted by Gasteiger charge is -2.22. The molecule has 0 aliphatic rings. The minimum absolute atomic E-state index is 0.393. The van der Waals surface area contributed by atoms with E-state index in [1.54, 1.807) is 0 Å². The summed E-state index contributed by atoms with van der Waals surface area (Å²) in [6, 6.07) is 0.393. The molecule has 86 valence electrons. The van der Waals surface area contributed by atoms with Gasteiger partial charge in [0.2, 0.25) is 5.13 Å². The highest BCUT2D eigenvalue weighted by atomic mass is 79.9. The number of hydrogen-bond donors (Lipinski definition) is 1. The van der Waals surface area contributed by atoms with Crippen molar-refractivity contribution >= 4 is 32.4 Å². The van der Waals surface area contributed by atoms with Crippen molar-refractivity contribution in [2.24, 2.45) is 0 Å². The van der Waals surface area contributed by atoms with E-state index in [4.69, 9.17) is 0 Å². The number of hydrogen-bond acceptors (Lipinski definition) is 5. The minimum Gasteiger partial charge on any atom is -0.356 e. The molecule has 6 heteroatoms. The SMILES string of the molecule is CCN(CC)CC(C)Nc1nnc(Br)s1. The molecule has 1 aromatic heterocycles. The molecule has 4 nitrogen and oxygen atoms in total. The van der Waals surface area contributed by atoms with Gasteiger partial charge in [-0.2, -0.15) is 0 Å². The Bertz CT molecular complexity index is 287. The average molecular weight is 293 g/mol. The molecule has 0 radical (unpaired) electrons. The second-order valence-corrected chi connectivity index (χ2v) is 5.64. The number of halogens is 1. The van der Waals surface area contributed by atoms with Gasteiger partial charge >= 0.3 is 0 Å². The third-order valence-electron chi connectivity index (χ3n) is 2.20. The number of anilines is 1. The van der Waals surface area contributed by atoms with Gasteiger partial charge in [0.25, 0.3) is 0 Å². The van der Waals surface area contributed by atoms with Crippen LogP contribution in [0, 0.1) is 0 Å². The average Bonchev–Trinajstić information content (AvgIpc) is 2.60. The highest BCUT2D eigenvalue weighted by Crippen LogP contribution is 2.20. The van der Waals surface area contributed by atoms with Crippen LogP contribution in [0.15, 0.2) is 3.92 Å². The molecule has 0 saturated carbocycles. The minimum atomic E-state index is 0.393. The van der Waals surface area contributed by atoms with Crippen LogP contribution in [0.25, 0.3) is 0 Å². The molecule has 0 fully saturated rings. The molecule has 0 aliphatic heterocycles. The quantitative estimate of drug-likeness (QED) is 0.874. The van der Waals surface area contributed by atoms with Gasteiger partial charge in [-0.1, -0.05) is 25.2 Å². The Kier molecular flexibility index (Phi) is 5.49. The highest BCUT2D eigenvalue weighted by Gasteiger charge is 2.09. The summed E-state index contributed by atoms with van der Waals surface area (Å²) in [5.41, 5.74) is 0. The van der Waals surface area contributed by atoms with E-state index < -0.39 is 0 Å². The second kappa shape index (κ2) is 6.40. The Morgan fingerprint density at radius 3 is 2.53 bits per heavy atom. The van der Waals surface area contributed by atoms with Crippen LogP contribution in [-0.2, 0) is 0 Å². The summed E-state index contributed by atoms with van der Waals surface area (Å²) in [6.45, 7) is 9.72. The van der Waals surface area contributed by atoms with Crippen molar-refractivity contribution < 1.29 is 0 Å². The van der Waals surface area contributed by atoms with E-state index >= 15 is 0 Å². The Balaban J connectivity index is 2.38. The summed E-state index contributed by atoms with van der Waals surface area (Å²) < 4.78 is 0.819. The first-order valence-corrected chi connectivity index (χ1v) is 6.74. The Morgan fingerprint density at radius 2 is 2.07 bits per heavy atom. The van der Waals surface area contributed by atoms with Crippen LogP contribution in [-0.4, -0.2) is 40.8 Å². The fourth-order valence-electron chi connectivity index (χ4n) is 1.39. The fourth-order valence-corrected chi connectivity index (χ4v) is 2.51. The maximum atomic E-state index is 4.01. The van der Waals surface area contributed by atoms with Gasteiger partial charge in [0.05, 0.1) is 0 Å². The number of likely N-dealkylation sites (N-methyl/N-ethyl adjacent to an activating group) is 1. The third kappa shape index (κ3) is 4.44. The smallest absolute Gasteiger partial charge is 0.206 e. The van der Waals surface area contributed by atoms with Gasteiger partial charge in [0.1, 0.15) is 0 Å². The summed E-state index contributed by atoms with van der Waals surface area (Å²) >= 11 is 4.82. The number of nitrogens with zero attached hydrogens (tertiary/aromatic N) is 3. The zero-order chi connectivity index (χ0) is 11.3. The monoisotopic (exact) mass is 292 g/mol. The van der Waals surface area contributed by atoms with E-state index in [1.807, 2.05) is 0 Å². The molecule has 1 rings (SSSR count). The van der Waals surface area contributed by atoms with Crippen molar-refractivity contribution in [2.75, 3.05) is 25.0 Å². The van der Waals surface area contributed by atoms with Gasteiger partial charge < -0.3 is 10.2 Å². The zero-order valence-corrected chi connectivity index (χ0v) is 11.7. The number of nitrogens with one attached hydrogen (secondary N) is 1. The molecule has 1 N–H and O–H groups in total. The number of aromatic nitrogens is 2. The van der Waals surface area contributed by atoms with Crippen molar-refractivity contribution in [1.29, 1.82) is 0 Å². The van der Waals surface area contributed by atoms with Gasteiger partial charge in [-0.25, -0.2) is 0 Å². The van der Waals surface area contributed by atoms with Crippen LogP contribution in [0.2, 0.25) is 0 Å². The van der Waals surface area contributed by atoms with E-state index in [2.05, 4.69) is 57.1 Å². The topological polar surface area (TPSA) is 41.0 Å². The molecule has 0 spiro atoms. The van der Waals surface area contributed by atoms with E-state index in [0.717, 1.165) is 28.7 Å². The summed E-state index contributed by atoms with van der Waals surface area (Å²) in [7, 11) is 0. The predicted octanol–water partition coefficient (Wildman–Crippen LogP) is 2.44. The maximum Gasteiger partial charge on any atom is 0.206 e. The van der Waals surface area contributed by atoms with Crippen LogP contribution in [0.3, 0.4) is 0 Å². The van der Waals surface area contributed by atoms with Crippen LogP contribution in [0.4, 0.5) is 5.13 Å². The van der Waals surface area contributed by atoms with E-state index in [1.165, 1.54) is 11.3 Å². The molecule has 1 heterocycles. The molecule has 0 bridgehead atoms. The highest BCUT2D eigenvalue weighted by molar-refractivity contribution is 9.11. The van der Waals surface area contributed by atoms with E-state index in [9.17, 15) is 0 Å². The first-order valence-electron chi connectivity index (χ1n) is 5.13. The number of rotatable bonds is 6. The van der Waals surface area contributed by atoms with Crippen molar-refractivity contribution in [1.82, 2.24) is 15.1 Å². The maximum absolute atomic E-state index is 4.01. The lowest BCUT2D eigenvalue weighted by Crippen LogP contribution is -2.34. The largest absolute Gasteiger partial charge is 0.356 e. The van der Waals surface area contributed by atoms with Gasteiger partial charge in [-0.3, -0.25) is 0 Å². The third-order valence-corrected chi connectivity index (χ3v) is 3.48. The molecule has 1 unspecified atom stereocenters. The van der Waals surface area contributed by atoms with E-state index in [-0.39, 0.29) is 0 Å². The second-order valence-electron chi connectivity index (χ2n) is 3.39. The molecule has 0 amide bonds. The van der Waals surface area contributed by atoms with E-state index in [0.29, 0.717) is 6.04 Å². The molecule has 0 aliphatic carbocycles. The van der Waals surface area contributed by atoms with Crippen LogP contribution in [0.5, 0.6) is 0 Å². The van der Waals surface area contributed by atoms with Crippen LogP contribution < -0.4 is 5.32 Å². The van der Waals surface area contributed by atoms with Crippen molar-refractivity contribution in [2.45, 2.75) is 26.8 Å². The normalized spacial score (nSPS) is 13.1. The standard InChI is InChI=1S/C9H17BrN4S/c1-4-14(5-2)6-7(3)11-9-13-12-8(10)15-9/h7H,4-6H2,1-3H3,(H,11,13). The fraction of sp³-hybridized carbons (Fsp3) is 0.778. The molecule has 15 heavy (non-hydrogen) atoms. The van der Waals surface area contributed by atoms with Gasteiger partial charge in [0, 0.05) is 12.6 Å². The Labute approximate surface area is 103 Å². The molecule has 0 aromatic carbocycles. The van der Waals surface area contributed by atoms with Gasteiger partial charge in [-0.15, -0.1) is 10.2 Å². The summed E-state index contributed by atoms with van der Waals surface area (Å²) in [6.07, 6.45) is 0. The van der Waals surface area contributed by atoms with Crippen molar-refractivity contribution in [3.8, 4) is 0 Å². The lowest BCUT2D eigenvalue weighted by molar-refractivity contribution is 0.295. The first-order chi connectivity index (χ1) is 7.15. The molecule has 0 saturated heterocycles. The zero-order valence-electron chi connectivity index (χ0n) is 9.33. The van der Waals surface area contributed by atoms with Crippen molar-refractivity contribution in [3.63, 3.8) is 0 Å². The van der Waals surface area contributed by atoms with Crippen LogP contribution in [0.1, 0.15) is 20.8 Å². The first kappa shape index (κ1) is 12.9. The Morgan fingerprint density at radius 1 is 1.40 bits per heavy atom. The lowest BCUT2D eigenvalue weighted by atomic mass is 10.3. The molecular weight excluding hydrogens is 276 g/mol. The summed E-state index contributed by atoms with van der Waals surface area (Å²) in [5, 5.41) is 12.1. The predicted molar refractivity (Wildman–Crippen MR) is 68.5 cm³/mol. The molecular formula is C9H17BrN4S. The summed E-state index contributed by atoms with van der Waals surface area (Å²) in [5.74, 6) is 0. The van der Waals surface area contributed by atoms with Gasteiger partial charge in [0.15, 0.2) is 3.92 Å².